The maximum atomic E-state index is 13.4. The fraction of sp³-hybridized carbons (Fsp3) is 0.273. The van der Waals surface area contributed by atoms with Crippen LogP contribution in [0.15, 0.2) is 29.0 Å². The Morgan fingerprint density at radius 2 is 2.29 bits per heavy atom. The molecule has 1 unspecified atom stereocenters. The summed E-state index contributed by atoms with van der Waals surface area (Å²) >= 11 is 3.21. The average Bonchev–Trinajstić information content (AvgIpc) is 2.68. The highest BCUT2D eigenvalue weighted by Crippen LogP contribution is 2.26. The molecule has 4 nitrogen and oxygen atoms in total. The Balaban J connectivity index is 2.23. The van der Waals surface area contributed by atoms with Crippen molar-refractivity contribution in [2.45, 2.75) is 12.5 Å². The molecule has 2 aromatic rings. The van der Waals surface area contributed by atoms with Crippen molar-refractivity contribution in [1.29, 1.82) is 0 Å². The summed E-state index contributed by atoms with van der Waals surface area (Å²) < 4.78 is 15.4. The topological polar surface area (TPSA) is 56.7 Å². The molecule has 1 aromatic carbocycles. The predicted molar refractivity (Wildman–Crippen MR) is 65.7 cm³/mol. The SMILES string of the molecule is Cn1ncnc1CC(N)c1cccc(F)c1Br. The maximum Gasteiger partial charge on any atom is 0.138 e. The Labute approximate surface area is 107 Å². The van der Waals surface area contributed by atoms with Crippen LogP contribution in [-0.4, -0.2) is 14.8 Å². The number of nitrogens with zero attached hydrogens (tertiary/aromatic N) is 3. The lowest BCUT2D eigenvalue weighted by Crippen LogP contribution is -2.17. The Bertz CT molecular complexity index is 526. The molecule has 2 rings (SSSR count). The van der Waals surface area contributed by atoms with Gasteiger partial charge in [0.1, 0.15) is 18.0 Å². The van der Waals surface area contributed by atoms with Gasteiger partial charge in [0.15, 0.2) is 0 Å². The number of hydrogen-bond acceptors (Lipinski definition) is 3. The van der Waals surface area contributed by atoms with Crippen molar-refractivity contribution in [1.82, 2.24) is 14.8 Å². The Morgan fingerprint density at radius 1 is 1.53 bits per heavy atom. The Morgan fingerprint density at radius 3 is 2.94 bits per heavy atom. The maximum absolute atomic E-state index is 13.4. The molecule has 90 valence electrons. The molecule has 0 radical (unpaired) electrons. The van der Waals surface area contributed by atoms with E-state index in [4.69, 9.17) is 5.73 Å². The van der Waals surface area contributed by atoms with Crippen LogP contribution < -0.4 is 5.73 Å². The number of benzene rings is 1. The fourth-order valence-electron chi connectivity index (χ4n) is 1.62. The molecule has 0 aliphatic rings. The minimum Gasteiger partial charge on any atom is -0.324 e. The van der Waals surface area contributed by atoms with Gasteiger partial charge in [-0.3, -0.25) is 4.68 Å². The molecule has 0 saturated heterocycles. The summed E-state index contributed by atoms with van der Waals surface area (Å²) in [5.41, 5.74) is 6.78. The average molecular weight is 299 g/mol. The molecule has 0 bridgehead atoms. The van der Waals surface area contributed by atoms with Crippen LogP contribution >= 0.6 is 15.9 Å². The molecule has 0 spiro atoms. The first-order valence-electron chi connectivity index (χ1n) is 5.12. The summed E-state index contributed by atoms with van der Waals surface area (Å²) in [6.07, 6.45) is 1.99. The van der Waals surface area contributed by atoms with E-state index in [0.29, 0.717) is 10.9 Å². The second-order valence-electron chi connectivity index (χ2n) is 3.75. The Kier molecular flexibility index (Phi) is 3.54. The third-order valence-electron chi connectivity index (χ3n) is 2.59. The third-order valence-corrected chi connectivity index (χ3v) is 3.43. The highest BCUT2D eigenvalue weighted by atomic mass is 79.9. The summed E-state index contributed by atoms with van der Waals surface area (Å²) in [6, 6.07) is 4.52. The minimum absolute atomic E-state index is 0.309. The summed E-state index contributed by atoms with van der Waals surface area (Å²) in [6.45, 7) is 0. The number of rotatable bonds is 3. The zero-order valence-electron chi connectivity index (χ0n) is 9.27. The number of aromatic nitrogens is 3. The highest BCUT2D eigenvalue weighted by Gasteiger charge is 2.15. The van der Waals surface area contributed by atoms with Crippen molar-refractivity contribution in [3.63, 3.8) is 0 Å². The molecule has 0 fully saturated rings. The lowest BCUT2D eigenvalue weighted by molar-refractivity contribution is 0.598. The van der Waals surface area contributed by atoms with E-state index in [9.17, 15) is 4.39 Å². The quantitative estimate of drug-likeness (QED) is 0.942. The van der Waals surface area contributed by atoms with Gasteiger partial charge in [-0.25, -0.2) is 9.37 Å². The summed E-state index contributed by atoms with van der Waals surface area (Å²) in [7, 11) is 1.80. The van der Waals surface area contributed by atoms with Gasteiger partial charge in [-0.15, -0.1) is 0 Å². The summed E-state index contributed by atoms with van der Waals surface area (Å²) in [5, 5.41) is 3.97. The van der Waals surface area contributed by atoms with Crippen molar-refractivity contribution in [3.05, 3.63) is 46.2 Å². The van der Waals surface area contributed by atoms with Crippen molar-refractivity contribution in [2.24, 2.45) is 12.8 Å². The largest absolute Gasteiger partial charge is 0.324 e. The molecule has 6 heteroatoms. The van der Waals surface area contributed by atoms with Gasteiger partial charge in [-0.1, -0.05) is 12.1 Å². The summed E-state index contributed by atoms with van der Waals surface area (Å²) in [5.74, 6) is 0.463. The van der Waals surface area contributed by atoms with Crippen LogP contribution in [0.3, 0.4) is 0 Å². The normalized spacial score (nSPS) is 12.7. The number of aryl methyl sites for hydroxylation is 1. The molecule has 0 aliphatic heterocycles. The van der Waals surface area contributed by atoms with Crippen molar-refractivity contribution >= 4 is 15.9 Å². The zero-order chi connectivity index (χ0) is 12.4. The van der Waals surface area contributed by atoms with E-state index in [1.165, 1.54) is 12.4 Å². The molecule has 0 saturated carbocycles. The van der Waals surface area contributed by atoms with Gasteiger partial charge >= 0.3 is 0 Å². The number of hydrogen-bond donors (Lipinski definition) is 1. The minimum atomic E-state index is -0.317. The van der Waals surface area contributed by atoms with Gasteiger partial charge in [0, 0.05) is 19.5 Å². The first-order valence-corrected chi connectivity index (χ1v) is 5.91. The van der Waals surface area contributed by atoms with Crippen molar-refractivity contribution in [2.75, 3.05) is 0 Å². The zero-order valence-corrected chi connectivity index (χ0v) is 10.9. The van der Waals surface area contributed by atoms with E-state index in [2.05, 4.69) is 26.0 Å². The second kappa shape index (κ2) is 4.93. The van der Waals surface area contributed by atoms with E-state index in [1.54, 1.807) is 23.9 Å². The Hall–Kier alpha value is -1.27. The van der Waals surface area contributed by atoms with E-state index < -0.39 is 0 Å². The lowest BCUT2D eigenvalue weighted by Gasteiger charge is -2.13. The van der Waals surface area contributed by atoms with Crippen LogP contribution in [0.2, 0.25) is 0 Å². The molecule has 17 heavy (non-hydrogen) atoms. The smallest absolute Gasteiger partial charge is 0.138 e. The van der Waals surface area contributed by atoms with Crippen LogP contribution in [0.5, 0.6) is 0 Å². The molecule has 0 amide bonds. The van der Waals surface area contributed by atoms with Gasteiger partial charge in [-0.2, -0.15) is 5.10 Å². The van der Waals surface area contributed by atoms with Gasteiger partial charge in [0.05, 0.1) is 4.47 Å². The van der Waals surface area contributed by atoms with Crippen LogP contribution in [0, 0.1) is 5.82 Å². The molecule has 1 atom stereocenters. The van der Waals surface area contributed by atoms with Crippen LogP contribution in [-0.2, 0) is 13.5 Å². The van der Waals surface area contributed by atoms with Crippen LogP contribution in [0.1, 0.15) is 17.4 Å². The van der Waals surface area contributed by atoms with Gasteiger partial charge in [-0.05, 0) is 27.6 Å². The monoisotopic (exact) mass is 298 g/mol. The van der Waals surface area contributed by atoms with Gasteiger partial charge in [0.25, 0.3) is 0 Å². The predicted octanol–water partition coefficient (Wildman–Crippen LogP) is 1.96. The van der Waals surface area contributed by atoms with E-state index >= 15 is 0 Å². The molecule has 1 aromatic heterocycles. The second-order valence-corrected chi connectivity index (χ2v) is 4.55. The fourth-order valence-corrected chi connectivity index (χ4v) is 2.18. The van der Waals surface area contributed by atoms with E-state index in [-0.39, 0.29) is 11.9 Å². The summed E-state index contributed by atoms with van der Waals surface area (Å²) in [4.78, 5) is 4.10. The van der Waals surface area contributed by atoms with Gasteiger partial charge < -0.3 is 5.73 Å². The first kappa shape index (κ1) is 12.2. The highest BCUT2D eigenvalue weighted by molar-refractivity contribution is 9.10. The van der Waals surface area contributed by atoms with Crippen molar-refractivity contribution < 1.29 is 4.39 Å². The van der Waals surface area contributed by atoms with E-state index in [1.807, 2.05) is 0 Å². The molecular weight excluding hydrogens is 287 g/mol. The molecule has 1 heterocycles. The lowest BCUT2D eigenvalue weighted by atomic mass is 10.0. The first-order chi connectivity index (χ1) is 8.09. The molecular formula is C11H12BrFN4. The number of nitrogens with two attached hydrogens (primary N) is 1. The van der Waals surface area contributed by atoms with Crippen molar-refractivity contribution in [3.8, 4) is 0 Å². The van der Waals surface area contributed by atoms with Gasteiger partial charge in [0.2, 0.25) is 0 Å². The molecule has 2 N–H and O–H groups in total. The van der Waals surface area contributed by atoms with Crippen LogP contribution in [0.4, 0.5) is 4.39 Å². The standard InChI is InChI=1S/C11H12BrFN4/c1-17-10(15-6-16-17)5-9(14)7-3-2-4-8(13)11(7)12/h2-4,6,9H,5,14H2,1H3. The van der Waals surface area contributed by atoms with E-state index in [0.717, 1.165) is 11.4 Å². The third kappa shape index (κ3) is 2.53. The number of halogens is 2. The van der Waals surface area contributed by atoms with Crippen LogP contribution in [0.25, 0.3) is 0 Å². The molecule has 0 aliphatic carbocycles.